The number of carbonyl (C=O) groups is 1. The second kappa shape index (κ2) is 5.82. The van der Waals surface area contributed by atoms with E-state index in [1.54, 1.807) is 6.08 Å². The second-order valence-electron chi connectivity index (χ2n) is 10.7. The van der Waals surface area contributed by atoms with Crippen molar-refractivity contribution in [2.45, 2.75) is 83.3 Å². The predicted molar refractivity (Wildman–Crippen MR) is 102 cm³/mol. The first-order valence-electron chi connectivity index (χ1n) is 11.1. The monoisotopic (exact) mass is 374 g/mol. The summed E-state index contributed by atoms with van der Waals surface area (Å²) in [6.07, 6.45) is 10.8. The van der Waals surface area contributed by atoms with Gasteiger partial charge in [-0.1, -0.05) is 13.8 Å². The molecule has 2 N–H and O–H groups in total. The van der Waals surface area contributed by atoms with Crippen molar-refractivity contribution in [1.29, 1.82) is 0 Å². The third-order valence-corrected chi connectivity index (χ3v) is 9.96. The molecule has 8 atom stereocenters. The zero-order chi connectivity index (χ0) is 19.0. The van der Waals surface area contributed by atoms with Crippen LogP contribution in [0.4, 0.5) is 0 Å². The number of esters is 1. The third kappa shape index (κ3) is 2.32. The highest BCUT2D eigenvalue weighted by Gasteiger charge is 2.67. The topological polar surface area (TPSA) is 66.8 Å². The summed E-state index contributed by atoms with van der Waals surface area (Å²) in [5.74, 6) is 1.59. The van der Waals surface area contributed by atoms with Gasteiger partial charge in [0.1, 0.15) is 6.61 Å². The molecular formula is C23H34O4. The molecule has 0 aromatic carbocycles. The second-order valence-corrected chi connectivity index (χ2v) is 10.7. The van der Waals surface area contributed by atoms with Gasteiger partial charge in [-0.15, -0.1) is 0 Å². The lowest BCUT2D eigenvalue weighted by Gasteiger charge is -2.63. The summed E-state index contributed by atoms with van der Waals surface area (Å²) in [6.45, 7) is 5.15. The molecule has 0 spiro atoms. The predicted octanol–water partition coefficient (Wildman–Crippen LogP) is 3.60. The molecule has 0 amide bonds. The molecule has 1 heterocycles. The number of rotatable bonds is 1. The first-order chi connectivity index (χ1) is 12.8. The Labute approximate surface area is 162 Å². The molecule has 4 aliphatic carbocycles. The summed E-state index contributed by atoms with van der Waals surface area (Å²) in [7, 11) is 0. The summed E-state index contributed by atoms with van der Waals surface area (Å²) in [5, 5.41) is 22.3. The van der Waals surface area contributed by atoms with Gasteiger partial charge in [-0.2, -0.15) is 0 Å². The zero-order valence-corrected chi connectivity index (χ0v) is 16.7. The van der Waals surface area contributed by atoms with Crippen LogP contribution in [0.3, 0.4) is 0 Å². The van der Waals surface area contributed by atoms with E-state index in [4.69, 9.17) is 4.74 Å². The van der Waals surface area contributed by atoms with Crippen molar-refractivity contribution in [1.82, 2.24) is 0 Å². The van der Waals surface area contributed by atoms with Crippen LogP contribution in [0.5, 0.6) is 0 Å². The Balaban J connectivity index is 1.47. The van der Waals surface area contributed by atoms with E-state index in [1.165, 1.54) is 6.42 Å². The van der Waals surface area contributed by atoms with E-state index in [0.717, 1.165) is 56.9 Å². The lowest BCUT2D eigenvalue weighted by atomic mass is 9.43. The molecule has 150 valence electrons. The van der Waals surface area contributed by atoms with Crippen molar-refractivity contribution in [3.8, 4) is 0 Å². The van der Waals surface area contributed by atoms with E-state index in [-0.39, 0.29) is 28.8 Å². The zero-order valence-electron chi connectivity index (χ0n) is 16.7. The molecule has 0 aromatic rings. The first-order valence-corrected chi connectivity index (χ1v) is 11.1. The van der Waals surface area contributed by atoms with E-state index in [0.29, 0.717) is 24.4 Å². The molecular weight excluding hydrogens is 340 g/mol. The van der Waals surface area contributed by atoms with Gasteiger partial charge in [-0.25, -0.2) is 4.79 Å². The van der Waals surface area contributed by atoms with Crippen LogP contribution in [0.25, 0.3) is 0 Å². The number of cyclic esters (lactones) is 1. The van der Waals surface area contributed by atoms with Crippen LogP contribution in [0.15, 0.2) is 11.6 Å². The largest absolute Gasteiger partial charge is 0.458 e. The van der Waals surface area contributed by atoms with Crippen LogP contribution in [0, 0.1) is 34.5 Å². The minimum absolute atomic E-state index is 0.126. The average Bonchev–Trinajstić information content (AvgIpc) is 3.16. The first kappa shape index (κ1) is 18.2. The Bertz CT molecular complexity index is 686. The SMILES string of the molecule is C[C@]12CCC(O)C[C@H]1CC[C@@H]1[C@@H]2CC[C@]2(C)C(C3=CC(=O)OC3)CC[C@]12O. The molecule has 0 bridgehead atoms. The molecule has 5 rings (SSSR count). The lowest BCUT2D eigenvalue weighted by Crippen LogP contribution is -2.62. The van der Waals surface area contributed by atoms with Gasteiger partial charge in [0.2, 0.25) is 0 Å². The Hall–Kier alpha value is -0.870. The van der Waals surface area contributed by atoms with Gasteiger partial charge in [0.25, 0.3) is 0 Å². The van der Waals surface area contributed by atoms with Crippen molar-refractivity contribution in [2.75, 3.05) is 6.61 Å². The Morgan fingerprint density at radius 1 is 1.04 bits per heavy atom. The van der Waals surface area contributed by atoms with Crippen LogP contribution in [-0.4, -0.2) is 34.5 Å². The molecule has 4 fully saturated rings. The molecule has 2 unspecified atom stereocenters. The molecule has 4 nitrogen and oxygen atoms in total. The number of hydrogen-bond donors (Lipinski definition) is 2. The van der Waals surface area contributed by atoms with Crippen molar-refractivity contribution >= 4 is 5.97 Å². The van der Waals surface area contributed by atoms with Crippen molar-refractivity contribution in [2.24, 2.45) is 34.5 Å². The molecule has 4 heteroatoms. The van der Waals surface area contributed by atoms with Crippen LogP contribution in [-0.2, 0) is 9.53 Å². The van der Waals surface area contributed by atoms with E-state index < -0.39 is 5.60 Å². The number of aliphatic hydroxyl groups excluding tert-OH is 1. The highest BCUT2D eigenvalue weighted by Crippen LogP contribution is 2.69. The Kier molecular flexibility index (Phi) is 3.92. The highest BCUT2D eigenvalue weighted by atomic mass is 16.5. The number of aliphatic hydroxyl groups is 2. The van der Waals surface area contributed by atoms with Crippen LogP contribution in [0.2, 0.25) is 0 Å². The molecule has 5 aliphatic rings. The highest BCUT2D eigenvalue weighted by molar-refractivity contribution is 5.85. The van der Waals surface area contributed by atoms with Crippen LogP contribution in [0.1, 0.15) is 71.6 Å². The lowest BCUT2D eigenvalue weighted by molar-refractivity contribution is -0.208. The number of fused-ring (bicyclic) bond motifs is 5. The molecule has 0 radical (unpaired) electrons. The summed E-state index contributed by atoms with van der Waals surface area (Å²) in [6, 6.07) is 0. The fourth-order valence-electron chi connectivity index (χ4n) is 8.39. The van der Waals surface area contributed by atoms with Crippen LogP contribution >= 0.6 is 0 Å². The van der Waals surface area contributed by atoms with Gasteiger partial charge in [0, 0.05) is 11.5 Å². The normalized spacial score (nSPS) is 54.6. The van der Waals surface area contributed by atoms with Gasteiger partial charge in [0.05, 0.1) is 11.7 Å². The van der Waals surface area contributed by atoms with Crippen molar-refractivity contribution < 1.29 is 19.7 Å². The molecule has 27 heavy (non-hydrogen) atoms. The third-order valence-electron chi connectivity index (χ3n) is 9.96. The quantitative estimate of drug-likeness (QED) is 0.688. The maximum atomic E-state index is 12.1. The van der Waals surface area contributed by atoms with E-state index in [2.05, 4.69) is 13.8 Å². The van der Waals surface area contributed by atoms with E-state index in [9.17, 15) is 15.0 Å². The van der Waals surface area contributed by atoms with Gasteiger partial charge in [-0.05, 0) is 92.4 Å². The average molecular weight is 375 g/mol. The summed E-state index contributed by atoms with van der Waals surface area (Å²) < 4.78 is 5.20. The molecule has 1 aliphatic heterocycles. The smallest absolute Gasteiger partial charge is 0.331 e. The number of ether oxygens (including phenoxy) is 1. The molecule has 4 saturated carbocycles. The fourth-order valence-corrected chi connectivity index (χ4v) is 8.39. The van der Waals surface area contributed by atoms with E-state index >= 15 is 0 Å². The summed E-state index contributed by atoms with van der Waals surface area (Å²) >= 11 is 0. The number of hydrogen-bond acceptors (Lipinski definition) is 4. The molecule has 0 saturated heterocycles. The summed E-state index contributed by atoms with van der Waals surface area (Å²) in [5.41, 5.74) is 0.600. The number of carbonyl (C=O) groups excluding carboxylic acids is 1. The fraction of sp³-hybridized carbons (Fsp3) is 0.870. The van der Waals surface area contributed by atoms with E-state index in [1.807, 2.05) is 0 Å². The standard InChI is InChI=1S/C23H34O4/c1-21-8-5-16(24)12-15(21)3-4-19-18(21)6-9-22(2)17(7-10-23(19,22)26)14-11-20(25)27-13-14/h11,15-19,24,26H,3-10,12-13H2,1-2H3/t15-,16?,17?,18+,19-,21+,22-,23+/m1/s1. The maximum Gasteiger partial charge on any atom is 0.331 e. The van der Waals surface area contributed by atoms with Crippen molar-refractivity contribution in [3.05, 3.63) is 11.6 Å². The van der Waals surface area contributed by atoms with Gasteiger partial charge < -0.3 is 14.9 Å². The minimum Gasteiger partial charge on any atom is -0.458 e. The van der Waals surface area contributed by atoms with Crippen molar-refractivity contribution in [3.63, 3.8) is 0 Å². The summed E-state index contributed by atoms with van der Waals surface area (Å²) in [4.78, 5) is 11.6. The van der Waals surface area contributed by atoms with Gasteiger partial charge in [0.15, 0.2) is 0 Å². The minimum atomic E-state index is -0.628. The van der Waals surface area contributed by atoms with Gasteiger partial charge in [-0.3, -0.25) is 0 Å². The molecule has 0 aromatic heterocycles. The van der Waals surface area contributed by atoms with Gasteiger partial charge >= 0.3 is 5.97 Å². The Morgan fingerprint density at radius 3 is 2.59 bits per heavy atom. The Morgan fingerprint density at radius 2 is 1.85 bits per heavy atom. The maximum absolute atomic E-state index is 12.1. The van der Waals surface area contributed by atoms with Crippen LogP contribution < -0.4 is 0 Å².